The second-order valence-electron chi connectivity index (χ2n) is 19.1. The number of nitrogens with one attached hydrogen (secondary N) is 1. The summed E-state index contributed by atoms with van der Waals surface area (Å²) in [5.41, 5.74) is -3.15. The van der Waals surface area contributed by atoms with Crippen molar-refractivity contribution in [2.75, 3.05) is 59.0 Å². The summed E-state index contributed by atoms with van der Waals surface area (Å²) in [4.78, 5) is 75.1. The number of aromatic amines is 1. The minimum Gasteiger partial charge on any atom is -0.496 e. The van der Waals surface area contributed by atoms with Crippen molar-refractivity contribution in [2.24, 2.45) is 11.3 Å². The van der Waals surface area contributed by atoms with E-state index in [1.807, 2.05) is 50.3 Å². The Bertz CT molecular complexity index is 2660. The summed E-state index contributed by atoms with van der Waals surface area (Å²) in [5, 5.41) is 33.7. The van der Waals surface area contributed by atoms with E-state index < -0.39 is 79.9 Å². The number of carboxylic acid groups (broad SMARTS) is 1. The Balaban J connectivity index is 0.000000719. The van der Waals surface area contributed by atoms with Crippen molar-refractivity contribution in [3.63, 3.8) is 0 Å². The van der Waals surface area contributed by atoms with Crippen LogP contribution in [0.2, 0.25) is 0 Å². The number of carbonyl (C=O) groups excluding carboxylic acids is 4. The Hall–Kier alpha value is -5.42. The highest BCUT2D eigenvalue weighted by Gasteiger charge is 2.81. The number of hydrogen-bond donors (Lipinski definition) is 6. The molecule has 1 aromatic heterocycles. The molecule has 3 fully saturated rings. The fraction of sp³-hybridized carbons (Fsp3) is 0.562. The lowest BCUT2D eigenvalue weighted by Gasteiger charge is -2.63. The quantitative estimate of drug-likeness (QED) is 0.0622. The molecule has 10 atom stereocenters. The second kappa shape index (κ2) is 18.7. The number of para-hydroxylation sites is 1. The number of anilines is 1. The molecule has 69 heavy (non-hydrogen) atoms. The Kier molecular flexibility index (Phi) is 14.0. The number of methoxy groups -OCH3 is 3. The first kappa shape index (κ1) is 51.4. The van der Waals surface area contributed by atoms with Crippen molar-refractivity contribution in [1.82, 2.24) is 14.8 Å². The topological polar surface area (TPSA) is 283 Å². The maximum absolute atomic E-state index is 15.3. The van der Waals surface area contributed by atoms with Crippen LogP contribution in [0.4, 0.5) is 5.69 Å². The SMILES string of the molecule is CC(=O)O.CC[C@]1(O)C[C@H]2CN(CCc3c([nH]c4ccccc34)[C@@](C(=O)OC)(c3cc4c(cc3OC)N(C=O)[C@H]3[C@@](O)(C(=O)OC)[C@H](OC(C)=O)[C@]5(CC)C=CCN6CC[C@]43[C@@H]65)C2)C1.O=S(=O)(O)O. The number of carbonyl (C=O) groups is 5. The minimum absolute atomic E-state index is 0.155. The smallest absolute Gasteiger partial charge is 0.394 e. The zero-order valence-corrected chi connectivity index (χ0v) is 40.6. The van der Waals surface area contributed by atoms with Crippen molar-refractivity contribution >= 4 is 57.3 Å². The number of fused-ring (bicyclic) bond motifs is 6. The van der Waals surface area contributed by atoms with Crippen LogP contribution in [0.5, 0.6) is 5.75 Å². The van der Waals surface area contributed by atoms with Gasteiger partial charge in [-0.2, -0.15) is 8.42 Å². The molecule has 0 radical (unpaired) electrons. The fourth-order valence-corrected chi connectivity index (χ4v) is 13.4. The first-order valence-electron chi connectivity index (χ1n) is 22.9. The molecule has 1 amide bonds. The van der Waals surface area contributed by atoms with Gasteiger partial charge in [0.15, 0.2) is 6.10 Å². The summed E-state index contributed by atoms with van der Waals surface area (Å²) in [6, 6.07) is 9.97. The fourth-order valence-electron chi connectivity index (χ4n) is 13.4. The maximum atomic E-state index is 15.3. The van der Waals surface area contributed by atoms with Gasteiger partial charge in [-0.05, 0) is 74.2 Å². The van der Waals surface area contributed by atoms with Crippen molar-refractivity contribution < 1.29 is 75.8 Å². The summed E-state index contributed by atoms with van der Waals surface area (Å²) in [6.45, 7) is 9.24. The number of H-pyrrole nitrogens is 1. The average Bonchev–Trinajstić information content (AvgIpc) is 3.97. The third-order valence-electron chi connectivity index (χ3n) is 15.5. The van der Waals surface area contributed by atoms with Crippen LogP contribution in [-0.4, -0.2) is 161 Å². The van der Waals surface area contributed by atoms with E-state index in [4.69, 9.17) is 46.4 Å². The molecule has 1 unspecified atom stereocenters. The maximum Gasteiger partial charge on any atom is 0.394 e. The molecule has 6 N–H and O–H groups in total. The molecule has 1 aliphatic carbocycles. The normalized spacial score (nSPS) is 32.9. The average molecular weight is 983 g/mol. The molecule has 2 bridgehead atoms. The van der Waals surface area contributed by atoms with Gasteiger partial charge in [-0.3, -0.25) is 38.1 Å². The van der Waals surface area contributed by atoms with Crippen LogP contribution in [0.3, 0.4) is 0 Å². The monoisotopic (exact) mass is 982 g/mol. The summed E-state index contributed by atoms with van der Waals surface area (Å²) < 4.78 is 55.3. The number of ether oxygens (including phenoxy) is 4. The highest BCUT2D eigenvalue weighted by Crippen LogP contribution is 2.68. The van der Waals surface area contributed by atoms with Crippen LogP contribution >= 0.6 is 0 Å². The molecule has 1 saturated carbocycles. The van der Waals surface area contributed by atoms with E-state index in [2.05, 4.69) is 20.9 Å². The lowest BCUT2D eigenvalue weighted by molar-refractivity contribution is -0.228. The highest BCUT2D eigenvalue weighted by atomic mass is 32.3. The second-order valence-corrected chi connectivity index (χ2v) is 20.0. The number of aliphatic hydroxyl groups is 2. The van der Waals surface area contributed by atoms with Gasteiger partial charge in [0, 0.05) is 85.1 Å². The number of hydrogen-bond acceptors (Lipinski definition) is 15. The molecule has 2 saturated heterocycles. The van der Waals surface area contributed by atoms with Gasteiger partial charge in [-0.15, -0.1) is 0 Å². The molecule has 6 aliphatic rings. The molecule has 20 nitrogen and oxygen atoms in total. The van der Waals surface area contributed by atoms with E-state index in [-0.39, 0.29) is 12.3 Å². The Morgan fingerprint density at radius 1 is 0.928 bits per heavy atom. The molecular formula is C48H62N4O16S. The van der Waals surface area contributed by atoms with E-state index in [1.54, 1.807) is 6.07 Å². The Morgan fingerprint density at radius 2 is 1.59 bits per heavy atom. The molecule has 5 aliphatic heterocycles. The summed E-state index contributed by atoms with van der Waals surface area (Å²) in [7, 11) is -0.577. The number of aliphatic carboxylic acids is 1. The van der Waals surface area contributed by atoms with E-state index in [0.29, 0.717) is 99.5 Å². The van der Waals surface area contributed by atoms with Gasteiger partial charge in [0.05, 0.1) is 38.7 Å². The van der Waals surface area contributed by atoms with E-state index in [0.717, 1.165) is 23.4 Å². The van der Waals surface area contributed by atoms with Gasteiger partial charge in [0.25, 0.3) is 5.97 Å². The van der Waals surface area contributed by atoms with Crippen LogP contribution < -0.4 is 9.64 Å². The van der Waals surface area contributed by atoms with Gasteiger partial charge in [-0.1, -0.05) is 44.2 Å². The molecule has 6 heterocycles. The van der Waals surface area contributed by atoms with E-state index in [9.17, 15) is 24.6 Å². The van der Waals surface area contributed by atoms with Crippen LogP contribution in [-0.2, 0) is 65.8 Å². The number of benzene rings is 2. The first-order valence-corrected chi connectivity index (χ1v) is 24.3. The van der Waals surface area contributed by atoms with Gasteiger partial charge in [0.1, 0.15) is 11.2 Å². The first-order chi connectivity index (χ1) is 32.5. The predicted molar refractivity (Wildman–Crippen MR) is 248 cm³/mol. The van der Waals surface area contributed by atoms with Gasteiger partial charge < -0.3 is 44.2 Å². The molecule has 9 rings (SSSR count). The van der Waals surface area contributed by atoms with Crippen LogP contribution in [0.25, 0.3) is 10.9 Å². The largest absolute Gasteiger partial charge is 0.496 e. The predicted octanol–water partition coefficient (Wildman–Crippen LogP) is 2.96. The number of rotatable bonds is 8. The summed E-state index contributed by atoms with van der Waals surface area (Å²) in [5.74, 6) is -2.90. The lowest BCUT2D eigenvalue weighted by atomic mass is 9.47. The van der Waals surface area contributed by atoms with Gasteiger partial charge in [0.2, 0.25) is 12.0 Å². The van der Waals surface area contributed by atoms with Gasteiger partial charge in [-0.25, -0.2) is 4.79 Å². The van der Waals surface area contributed by atoms with E-state index in [1.165, 1.54) is 33.2 Å². The van der Waals surface area contributed by atoms with Crippen LogP contribution in [0.1, 0.15) is 82.2 Å². The number of aromatic nitrogens is 1. The Morgan fingerprint density at radius 3 is 2.19 bits per heavy atom. The lowest BCUT2D eigenvalue weighted by Crippen LogP contribution is -2.81. The Labute approximate surface area is 400 Å². The van der Waals surface area contributed by atoms with Crippen LogP contribution in [0.15, 0.2) is 48.6 Å². The third kappa shape index (κ3) is 8.28. The number of carboxylic acids is 1. The van der Waals surface area contributed by atoms with Crippen LogP contribution in [0, 0.1) is 11.3 Å². The van der Waals surface area contributed by atoms with Crippen molar-refractivity contribution in [3.8, 4) is 5.75 Å². The molecule has 21 heteroatoms. The number of nitrogens with zero attached hydrogens (tertiary/aromatic N) is 3. The molecule has 2 aromatic carbocycles. The summed E-state index contributed by atoms with van der Waals surface area (Å²) in [6.07, 6.45) is 5.83. The third-order valence-corrected chi connectivity index (χ3v) is 15.5. The highest BCUT2D eigenvalue weighted by molar-refractivity contribution is 7.79. The summed E-state index contributed by atoms with van der Waals surface area (Å²) >= 11 is 0. The molecule has 3 aromatic rings. The van der Waals surface area contributed by atoms with Crippen molar-refractivity contribution in [3.05, 3.63) is 70.9 Å². The standard InChI is InChI=1S/C46H56N4O10.C2H4O2.H2O4S/c1-7-42(55)22-28-23-45(40(53)58-5,36-30(14-18-48(24-28)25-42)29-12-9-10-13-33(29)47-36)32-20-31-34(21-35(32)57-4)50(26-51)38-44(31)16-19-49-17-11-15-43(8-2,37(44)49)39(60-27(3)52)46(38,56)41(54)59-6;1-2(3)4;1-5(2,3)4/h9-13,15,20-21,26,28,37-39,47,55-56H,7-8,14,16-19,22-25H2,1-6H3;1H3,(H,3,4);(H2,1,2,3,4)/t28-,37+,38-,39-,42+,43-,44-,45+,46+;;/m1../s1. The molecule has 376 valence electrons. The van der Waals surface area contributed by atoms with Crippen molar-refractivity contribution in [2.45, 2.75) is 106 Å². The number of amides is 1. The zero-order chi connectivity index (χ0) is 50.6. The zero-order valence-electron chi connectivity index (χ0n) is 39.8. The molecular weight excluding hydrogens is 921 g/mol. The number of piperidine rings is 1. The number of esters is 3. The van der Waals surface area contributed by atoms with E-state index >= 15 is 4.79 Å². The molecule has 1 spiro atoms. The van der Waals surface area contributed by atoms with Gasteiger partial charge >= 0.3 is 28.3 Å². The van der Waals surface area contributed by atoms with Crippen molar-refractivity contribution in [1.29, 1.82) is 0 Å². The minimum atomic E-state index is -4.67.